The molecule has 0 bridgehead atoms. The first-order valence-corrected chi connectivity index (χ1v) is 5.28. The molecule has 1 rings (SSSR count). The van der Waals surface area contributed by atoms with Crippen molar-refractivity contribution in [2.75, 3.05) is 24.2 Å². The normalized spacial score (nSPS) is 10.1. The summed E-state index contributed by atoms with van der Waals surface area (Å²) < 4.78 is 5.39. The number of nitriles is 1. The first-order valence-electron chi connectivity index (χ1n) is 5.28. The van der Waals surface area contributed by atoms with Crippen LogP contribution in [0.4, 0.5) is 11.4 Å². The van der Waals surface area contributed by atoms with E-state index in [1.807, 2.05) is 26.0 Å². The molecule has 0 heterocycles. The third kappa shape index (κ3) is 3.79. The van der Waals surface area contributed by atoms with Gasteiger partial charge in [0, 0.05) is 6.54 Å². The van der Waals surface area contributed by atoms with Gasteiger partial charge in [0.05, 0.1) is 35.7 Å². The van der Waals surface area contributed by atoms with Crippen molar-refractivity contribution in [1.82, 2.24) is 0 Å². The second kappa shape index (κ2) is 5.99. The van der Waals surface area contributed by atoms with Gasteiger partial charge in [-0.1, -0.05) is 0 Å². The van der Waals surface area contributed by atoms with Crippen molar-refractivity contribution in [1.29, 1.82) is 5.26 Å². The second-order valence-corrected chi connectivity index (χ2v) is 3.76. The van der Waals surface area contributed by atoms with Crippen LogP contribution in [0.3, 0.4) is 0 Å². The van der Waals surface area contributed by atoms with E-state index in [-0.39, 0.29) is 6.10 Å². The average molecular weight is 219 g/mol. The van der Waals surface area contributed by atoms with Crippen LogP contribution in [0.15, 0.2) is 18.2 Å². The van der Waals surface area contributed by atoms with Crippen molar-refractivity contribution in [2.24, 2.45) is 0 Å². The van der Waals surface area contributed by atoms with Crippen molar-refractivity contribution >= 4 is 11.4 Å². The summed E-state index contributed by atoms with van der Waals surface area (Å²) in [7, 11) is 0. The van der Waals surface area contributed by atoms with E-state index < -0.39 is 0 Å². The number of hydrogen-bond acceptors (Lipinski definition) is 4. The van der Waals surface area contributed by atoms with Gasteiger partial charge in [0.2, 0.25) is 0 Å². The summed E-state index contributed by atoms with van der Waals surface area (Å²) in [5, 5.41) is 11.8. The highest BCUT2D eigenvalue weighted by Gasteiger charge is 2.00. The first-order chi connectivity index (χ1) is 7.63. The van der Waals surface area contributed by atoms with E-state index in [2.05, 4.69) is 5.32 Å². The van der Waals surface area contributed by atoms with E-state index >= 15 is 0 Å². The monoisotopic (exact) mass is 219 g/mol. The molecule has 86 valence electrons. The Bertz CT molecular complexity index is 382. The number of hydrogen-bond donors (Lipinski definition) is 2. The molecule has 0 aliphatic rings. The highest BCUT2D eigenvalue weighted by molar-refractivity contribution is 5.68. The number of nitrogens with zero attached hydrogens (tertiary/aromatic N) is 1. The van der Waals surface area contributed by atoms with Crippen molar-refractivity contribution < 1.29 is 4.74 Å². The maximum atomic E-state index is 8.68. The van der Waals surface area contributed by atoms with E-state index in [4.69, 9.17) is 15.7 Å². The van der Waals surface area contributed by atoms with Gasteiger partial charge >= 0.3 is 0 Å². The van der Waals surface area contributed by atoms with Crippen LogP contribution in [0.1, 0.15) is 19.4 Å². The van der Waals surface area contributed by atoms with Crippen LogP contribution in [0.5, 0.6) is 0 Å². The van der Waals surface area contributed by atoms with Gasteiger partial charge in [-0.05, 0) is 32.0 Å². The summed E-state index contributed by atoms with van der Waals surface area (Å²) in [4.78, 5) is 0. The van der Waals surface area contributed by atoms with Crippen LogP contribution in [0, 0.1) is 11.3 Å². The average Bonchev–Trinajstić information content (AvgIpc) is 2.25. The minimum absolute atomic E-state index is 0.236. The summed E-state index contributed by atoms with van der Waals surface area (Å²) in [6, 6.07) is 7.25. The van der Waals surface area contributed by atoms with Crippen molar-refractivity contribution in [3.63, 3.8) is 0 Å². The Labute approximate surface area is 96.0 Å². The summed E-state index contributed by atoms with van der Waals surface area (Å²) in [6.07, 6.45) is 0.236. The minimum atomic E-state index is 0.236. The van der Waals surface area contributed by atoms with Gasteiger partial charge in [0.25, 0.3) is 0 Å². The van der Waals surface area contributed by atoms with Crippen LogP contribution in [-0.2, 0) is 4.74 Å². The molecule has 1 aromatic rings. The number of anilines is 2. The van der Waals surface area contributed by atoms with E-state index in [1.54, 1.807) is 12.1 Å². The molecule has 3 N–H and O–H groups in total. The number of nitrogen functional groups attached to an aromatic ring is 1. The molecule has 4 heteroatoms. The highest BCUT2D eigenvalue weighted by atomic mass is 16.5. The quantitative estimate of drug-likeness (QED) is 0.586. The topological polar surface area (TPSA) is 71.1 Å². The van der Waals surface area contributed by atoms with E-state index in [1.165, 1.54) is 0 Å². The summed E-state index contributed by atoms with van der Waals surface area (Å²) >= 11 is 0. The molecule has 16 heavy (non-hydrogen) atoms. The predicted octanol–water partition coefficient (Wildman–Crippen LogP) is 1.98. The maximum Gasteiger partial charge on any atom is 0.0992 e. The Hall–Kier alpha value is -1.73. The summed E-state index contributed by atoms with van der Waals surface area (Å²) in [5.41, 5.74) is 7.78. The van der Waals surface area contributed by atoms with Crippen molar-refractivity contribution in [2.45, 2.75) is 20.0 Å². The molecule has 0 radical (unpaired) electrons. The molecular weight excluding hydrogens is 202 g/mol. The molecule has 4 nitrogen and oxygen atoms in total. The number of nitrogens with two attached hydrogens (primary N) is 1. The number of ether oxygens (including phenoxy) is 1. The Morgan fingerprint density at radius 3 is 2.81 bits per heavy atom. The Morgan fingerprint density at radius 1 is 1.50 bits per heavy atom. The van der Waals surface area contributed by atoms with Gasteiger partial charge in [-0.15, -0.1) is 0 Å². The molecule has 0 spiro atoms. The van der Waals surface area contributed by atoms with Crippen LogP contribution in [0.2, 0.25) is 0 Å². The Balaban J connectivity index is 2.46. The molecule has 0 amide bonds. The maximum absolute atomic E-state index is 8.68. The zero-order valence-corrected chi connectivity index (χ0v) is 9.66. The van der Waals surface area contributed by atoms with Crippen LogP contribution >= 0.6 is 0 Å². The lowest BCUT2D eigenvalue weighted by atomic mass is 10.2. The van der Waals surface area contributed by atoms with Gasteiger partial charge in [0.15, 0.2) is 0 Å². The van der Waals surface area contributed by atoms with Gasteiger partial charge in [0.1, 0.15) is 0 Å². The van der Waals surface area contributed by atoms with E-state index in [0.717, 1.165) is 5.69 Å². The third-order valence-electron chi connectivity index (χ3n) is 2.05. The Kier molecular flexibility index (Phi) is 4.62. The molecule has 0 aliphatic carbocycles. The van der Waals surface area contributed by atoms with Crippen LogP contribution < -0.4 is 11.1 Å². The number of rotatable bonds is 5. The molecular formula is C12H17N3O. The van der Waals surface area contributed by atoms with Crippen LogP contribution in [0.25, 0.3) is 0 Å². The fourth-order valence-electron chi connectivity index (χ4n) is 1.27. The molecule has 0 atom stereocenters. The standard InChI is InChI=1S/C12H17N3O/c1-9(2)16-6-5-15-12-4-3-10(8-13)7-11(12)14/h3-4,7,9,15H,5-6,14H2,1-2H3. The zero-order valence-electron chi connectivity index (χ0n) is 9.66. The molecule has 0 saturated carbocycles. The second-order valence-electron chi connectivity index (χ2n) is 3.76. The SMILES string of the molecule is CC(C)OCCNc1ccc(C#N)cc1N. The molecule has 0 aromatic heterocycles. The van der Waals surface area contributed by atoms with Gasteiger partial charge < -0.3 is 15.8 Å². The summed E-state index contributed by atoms with van der Waals surface area (Å²) in [6.45, 7) is 5.33. The molecule has 0 aliphatic heterocycles. The predicted molar refractivity (Wildman–Crippen MR) is 65.1 cm³/mol. The van der Waals surface area contributed by atoms with E-state index in [0.29, 0.717) is 24.4 Å². The molecule has 0 unspecified atom stereocenters. The Morgan fingerprint density at radius 2 is 2.25 bits per heavy atom. The third-order valence-corrected chi connectivity index (χ3v) is 2.05. The smallest absolute Gasteiger partial charge is 0.0992 e. The van der Waals surface area contributed by atoms with Crippen molar-refractivity contribution in [3.05, 3.63) is 23.8 Å². The molecule has 0 fully saturated rings. The fourth-order valence-corrected chi connectivity index (χ4v) is 1.27. The summed E-state index contributed by atoms with van der Waals surface area (Å²) in [5.74, 6) is 0. The molecule has 1 aromatic carbocycles. The largest absolute Gasteiger partial charge is 0.397 e. The lowest BCUT2D eigenvalue weighted by Gasteiger charge is -2.11. The number of nitrogens with one attached hydrogen (secondary N) is 1. The van der Waals surface area contributed by atoms with Crippen molar-refractivity contribution in [3.8, 4) is 6.07 Å². The highest BCUT2D eigenvalue weighted by Crippen LogP contribution is 2.18. The van der Waals surface area contributed by atoms with Gasteiger partial charge in [-0.3, -0.25) is 0 Å². The first kappa shape index (κ1) is 12.3. The zero-order chi connectivity index (χ0) is 12.0. The van der Waals surface area contributed by atoms with Gasteiger partial charge in [-0.2, -0.15) is 5.26 Å². The number of benzene rings is 1. The van der Waals surface area contributed by atoms with Crippen LogP contribution in [-0.4, -0.2) is 19.3 Å². The molecule has 0 saturated heterocycles. The van der Waals surface area contributed by atoms with E-state index in [9.17, 15) is 0 Å². The minimum Gasteiger partial charge on any atom is -0.397 e. The lowest BCUT2D eigenvalue weighted by Crippen LogP contribution is -2.13. The van der Waals surface area contributed by atoms with Gasteiger partial charge in [-0.25, -0.2) is 0 Å². The lowest BCUT2D eigenvalue weighted by molar-refractivity contribution is 0.0871. The fraction of sp³-hybridized carbons (Fsp3) is 0.417.